The highest BCUT2D eigenvalue weighted by atomic mass is 16.1. The Balaban J connectivity index is 2.53. The van der Waals surface area contributed by atoms with Crippen molar-refractivity contribution in [3.63, 3.8) is 0 Å². The molecule has 3 nitrogen and oxygen atoms in total. The van der Waals surface area contributed by atoms with Gasteiger partial charge in [0.1, 0.15) is 0 Å². The molecule has 0 aromatic carbocycles. The topological polar surface area (TPSA) is 42.9 Å². The molecule has 0 aliphatic carbocycles. The molecule has 0 unspecified atom stereocenters. The number of rotatable bonds is 3. The number of Topliss-reactive ketones (excluding diaryl/α,β-unsaturated/α-hetero) is 1. The van der Waals surface area contributed by atoms with Gasteiger partial charge in [-0.25, -0.2) is 0 Å². The first-order valence-corrected chi connectivity index (χ1v) is 4.04. The second kappa shape index (κ2) is 5.04. The maximum absolute atomic E-state index is 11.4. The first-order valence-electron chi connectivity index (χ1n) is 4.04. The Morgan fingerprint density at radius 1 is 1.54 bits per heavy atom. The summed E-state index contributed by atoms with van der Waals surface area (Å²) in [6.07, 6.45) is 4.05. The minimum absolute atomic E-state index is 0.0673. The van der Waals surface area contributed by atoms with Crippen LogP contribution in [0.1, 0.15) is 30.1 Å². The van der Waals surface area contributed by atoms with Gasteiger partial charge >= 0.3 is 0 Å². The normalized spacial score (nSPS) is 8.69. The van der Waals surface area contributed by atoms with Gasteiger partial charge in [-0.1, -0.05) is 0 Å². The van der Waals surface area contributed by atoms with Crippen LogP contribution in [0.25, 0.3) is 0 Å². The van der Waals surface area contributed by atoms with Crippen molar-refractivity contribution in [2.75, 3.05) is 0 Å². The minimum Gasteiger partial charge on any atom is -0.294 e. The third-order valence-corrected chi connectivity index (χ3v) is 1.56. The van der Waals surface area contributed by atoms with E-state index in [1.807, 2.05) is 0 Å². The Morgan fingerprint density at radius 3 is 3.00 bits per heavy atom. The summed E-state index contributed by atoms with van der Waals surface area (Å²) in [6, 6.07) is 1.66. The smallest absolute Gasteiger partial charge is 0.165 e. The van der Waals surface area contributed by atoms with Gasteiger partial charge in [-0.15, -0.1) is 11.8 Å². The number of carbonyl (C=O) groups is 1. The molecule has 1 rings (SSSR count). The number of hydrogen-bond donors (Lipinski definition) is 0. The van der Waals surface area contributed by atoms with Crippen molar-refractivity contribution in [3.8, 4) is 11.8 Å². The van der Waals surface area contributed by atoms with Crippen molar-refractivity contribution < 1.29 is 4.79 Å². The van der Waals surface area contributed by atoms with E-state index in [1.165, 1.54) is 12.4 Å². The summed E-state index contributed by atoms with van der Waals surface area (Å²) in [5.74, 6) is 5.65. The van der Waals surface area contributed by atoms with Gasteiger partial charge < -0.3 is 0 Å². The Morgan fingerprint density at radius 2 is 2.38 bits per heavy atom. The molecule has 0 aliphatic heterocycles. The minimum atomic E-state index is 0.0673. The van der Waals surface area contributed by atoms with Gasteiger partial charge in [0.25, 0.3) is 0 Å². The van der Waals surface area contributed by atoms with Crippen LogP contribution in [0.3, 0.4) is 0 Å². The lowest BCUT2D eigenvalue weighted by Gasteiger charge is -1.94. The van der Waals surface area contributed by atoms with E-state index in [4.69, 9.17) is 0 Å². The van der Waals surface area contributed by atoms with Crippen LogP contribution < -0.4 is 0 Å². The zero-order valence-electron chi connectivity index (χ0n) is 7.45. The summed E-state index contributed by atoms with van der Waals surface area (Å²) in [7, 11) is 0. The fraction of sp³-hybridized carbons (Fsp3) is 0.300. The van der Waals surface area contributed by atoms with Gasteiger partial charge in [-0.05, 0) is 13.0 Å². The third-order valence-electron chi connectivity index (χ3n) is 1.56. The van der Waals surface area contributed by atoms with E-state index in [9.17, 15) is 4.79 Å². The van der Waals surface area contributed by atoms with Gasteiger partial charge in [-0.3, -0.25) is 4.79 Å². The highest BCUT2D eigenvalue weighted by Crippen LogP contribution is 2.01. The van der Waals surface area contributed by atoms with Crippen molar-refractivity contribution in [1.29, 1.82) is 0 Å². The van der Waals surface area contributed by atoms with Gasteiger partial charge in [0.15, 0.2) is 5.78 Å². The Bertz CT molecular complexity index is 335. The number of hydrogen-bond acceptors (Lipinski definition) is 3. The lowest BCUT2D eigenvalue weighted by Crippen LogP contribution is -1.99. The zero-order chi connectivity index (χ0) is 9.52. The quantitative estimate of drug-likeness (QED) is 0.514. The molecule has 0 saturated heterocycles. The largest absolute Gasteiger partial charge is 0.294 e. The van der Waals surface area contributed by atoms with Crippen LogP contribution >= 0.6 is 0 Å². The second-order valence-corrected chi connectivity index (χ2v) is 2.48. The predicted octanol–water partition coefficient (Wildman–Crippen LogP) is 1.46. The van der Waals surface area contributed by atoms with Gasteiger partial charge in [0, 0.05) is 18.4 Å². The SMILES string of the molecule is CC#CCCC(=O)c1ccnnc1. The molecule has 0 spiro atoms. The van der Waals surface area contributed by atoms with E-state index in [-0.39, 0.29) is 5.78 Å². The van der Waals surface area contributed by atoms with Crippen molar-refractivity contribution in [2.45, 2.75) is 19.8 Å². The number of nitrogens with zero attached hydrogens (tertiary/aromatic N) is 2. The van der Waals surface area contributed by atoms with Crippen LogP contribution in [0, 0.1) is 11.8 Å². The van der Waals surface area contributed by atoms with Crippen LogP contribution in [0.5, 0.6) is 0 Å². The van der Waals surface area contributed by atoms with Crippen molar-refractivity contribution in [1.82, 2.24) is 10.2 Å². The Kier molecular flexibility index (Phi) is 3.65. The number of aromatic nitrogens is 2. The highest BCUT2D eigenvalue weighted by molar-refractivity contribution is 5.95. The molecule has 0 amide bonds. The van der Waals surface area contributed by atoms with E-state index in [0.29, 0.717) is 18.4 Å². The maximum atomic E-state index is 11.4. The first kappa shape index (κ1) is 9.40. The van der Waals surface area contributed by atoms with Gasteiger partial charge in [0.2, 0.25) is 0 Å². The van der Waals surface area contributed by atoms with Crippen LogP contribution in [0.4, 0.5) is 0 Å². The monoisotopic (exact) mass is 174 g/mol. The first-order chi connectivity index (χ1) is 6.34. The Labute approximate surface area is 77.2 Å². The molecule has 1 aromatic rings. The molecule has 0 fully saturated rings. The highest BCUT2D eigenvalue weighted by Gasteiger charge is 2.03. The molecule has 1 aromatic heterocycles. The maximum Gasteiger partial charge on any atom is 0.165 e. The molecule has 66 valence electrons. The lowest BCUT2D eigenvalue weighted by molar-refractivity contribution is 0.0984. The fourth-order valence-corrected chi connectivity index (χ4v) is 0.901. The molecule has 0 aliphatic rings. The summed E-state index contributed by atoms with van der Waals surface area (Å²) >= 11 is 0. The molecule has 0 radical (unpaired) electrons. The van der Waals surface area contributed by atoms with Crippen LogP contribution in [-0.4, -0.2) is 16.0 Å². The van der Waals surface area contributed by atoms with Crippen molar-refractivity contribution >= 4 is 5.78 Å². The van der Waals surface area contributed by atoms with Crippen molar-refractivity contribution in [3.05, 3.63) is 24.0 Å². The van der Waals surface area contributed by atoms with Crippen LogP contribution in [0.2, 0.25) is 0 Å². The van der Waals surface area contributed by atoms with Crippen LogP contribution in [0.15, 0.2) is 18.5 Å². The van der Waals surface area contributed by atoms with Crippen molar-refractivity contribution in [2.24, 2.45) is 0 Å². The molecule has 1 heterocycles. The molecular weight excluding hydrogens is 164 g/mol. The van der Waals surface area contributed by atoms with Gasteiger partial charge in [0.05, 0.1) is 12.4 Å². The zero-order valence-corrected chi connectivity index (χ0v) is 7.45. The number of ketones is 1. The van der Waals surface area contributed by atoms with Gasteiger partial charge in [-0.2, -0.15) is 10.2 Å². The number of carbonyl (C=O) groups excluding carboxylic acids is 1. The Hall–Kier alpha value is -1.69. The third kappa shape index (κ3) is 3.04. The summed E-state index contributed by atoms with van der Waals surface area (Å²) in [4.78, 5) is 11.4. The molecule has 0 bridgehead atoms. The van der Waals surface area contributed by atoms with E-state index in [1.54, 1.807) is 13.0 Å². The van der Waals surface area contributed by atoms with E-state index in [2.05, 4.69) is 22.0 Å². The predicted molar refractivity (Wildman–Crippen MR) is 49.0 cm³/mol. The second-order valence-electron chi connectivity index (χ2n) is 2.48. The van der Waals surface area contributed by atoms with E-state index < -0.39 is 0 Å². The molecule has 0 saturated carbocycles. The van der Waals surface area contributed by atoms with E-state index in [0.717, 1.165) is 0 Å². The average Bonchev–Trinajstić information content (AvgIpc) is 2.19. The lowest BCUT2D eigenvalue weighted by atomic mass is 10.1. The molecule has 3 heteroatoms. The molecule has 0 atom stereocenters. The van der Waals surface area contributed by atoms with E-state index >= 15 is 0 Å². The fourth-order valence-electron chi connectivity index (χ4n) is 0.901. The molecule has 13 heavy (non-hydrogen) atoms. The standard InChI is InChI=1S/C10H10N2O/c1-2-3-4-5-10(13)9-6-7-11-12-8-9/h6-8H,4-5H2,1H3. The summed E-state index contributed by atoms with van der Waals surface area (Å²) in [6.45, 7) is 1.76. The molecule has 0 N–H and O–H groups in total. The summed E-state index contributed by atoms with van der Waals surface area (Å²) < 4.78 is 0. The molecular formula is C10H10N2O. The summed E-state index contributed by atoms with van der Waals surface area (Å²) in [5, 5.41) is 7.22. The summed E-state index contributed by atoms with van der Waals surface area (Å²) in [5.41, 5.74) is 0.605. The van der Waals surface area contributed by atoms with Crippen LogP contribution in [-0.2, 0) is 0 Å². The average molecular weight is 174 g/mol.